The van der Waals surface area contributed by atoms with Crippen LogP contribution >= 0.6 is 31.9 Å². The molecule has 4 heteroatoms. The molecule has 0 saturated heterocycles. The van der Waals surface area contributed by atoms with Gasteiger partial charge >= 0.3 is 0 Å². The van der Waals surface area contributed by atoms with Crippen molar-refractivity contribution in [3.63, 3.8) is 0 Å². The Morgan fingerprint density at radius 1 is 1.33 bits per heavy atom. The second-order valence-electron chi connectivity index (χ2n) is 3.62. The molecular formula is C11H12Br2F2. The minimum Gasteiger partial charge on any atom is -0.207 e. The van der Waals surface area contributed by atoms with Gasteiger partial charge in [-0.15, -0.1) is 0 Å². The van der Waals surface area contributed by atoms with Crippen LogP contribution in [0.3, 0.4) is 0 Å². The summed E-state index contributed by atoms with van der Waals surface area (Å²) in [6, 6.07) is 2.68. The van der Waals surface area contributed by atoms with E-state index in [0.717, 1.165) is 11.8 Å². The Labute approximate surface area is 105 Å². The first-order valence-electron chi connectivity index (χ1n) is 4.74. The zero-order valence-electron chi connectivity index (χ0n) is 8.37. The molecule has 0 aromatic heterocycles. The Morgan fingerprint density at radius 2 is 2.00 bits per heavy atom. The van der Waals surface area contributed by atoms with Gasteiger partial charge in [0, 0.05) is 10.9 Å². The molecular weight excluding hydrogens is 330 g/mol. The van der Waals surface area contributed by atoms with Crippen molar-refractivity contribution in [2.24, 2.45) is 5.92 Å². The van der Waals surface area contributed by atoms with Gasteiger partial charge in [-0.2, -0.15) is 0 Å². The van der Waals surface area contributed by atoms with Crippen molar-refractivity contribution in [3.05, 3.63) is 33.8 Å². The van der Waals surface area contributed by atoms with Gasteiger partial charge in [-0.05, 0) is 46.8 Å². The van der Waals surface area contributed by atoms with Gasteiger partial charge < -0.3 is 0 Å². The predicted molar refractivity (Wildman–Crippen MR) is 65.3 cm³/mol. The molecule has 0 amide bonds. The van der Waals surface area contributed by atoms with E-state index in [0.29, 0.717) is 16.8 Å². The second-order valence-corrected chi connectivity index (χ2v) is 5.12. The van der Waals surface area contributed by atoms with Crippen LogP contribution in [0.4, 0.5) is 8.78 Å². The molecule has 84 valence electrons. The molecule has 1 aromatic carbocycles. The van der Waals surface area contributed by atoms with E-state index in [9.17, 15) is 8.78 Å². The fraction of sp³-hybridized carbons (Fsp3) is 0.455. The van der Waals surface area contributed by atoms with Crippen LogP contribution in [0, 0.1) is 17.6 Å². The molecule has 1 aromatic rings. The molecule has 0 aliphatic carbocycles. The summed E-state index contributed by atoms with van der Waals surface area (Å²) in [5.74, 6) is -0.517. The van der Waals surface area contributed by atoms with Crippen LogP contribution < -0.4 is 0 Å². The highest BCUT2D eigenvalue weighted by Gasteiger charge is 2.13. The van der Waals surface area contributed by atoms with E-state index in [2.05, 4.69) is 31.9 Å². The van der Waals surface area contributed by atoms with Crippen molar-refractivity contribution in [1.29, 1.82) is 0 Å². The average molecular weight is 342 g/mol. The van der Waals surface area contributed by atoms with Gasteiger partial charge in [-0.3, -0.25) is 0 Å². The number of alkyl halides is 1. The Morgan fingerprint density at radius 3 is 2.60 bits per heavy atom. The minimum absolute atomic E-state index is 0.178. The van der Waals surface area contributed by atoms with Crippen LogP contribution in [0.5, 0.6) is 0 Å². The minimum atomic E-state index is -0.475. The highest BCUT2D eigenvalue weighted by Crippen LogP contribution is 2.23. The summed E-state index contributed by atoms with van der Waals surface area (Å²) in [6.07, 6.45) is 1.21. The number of benzene rings is 1. The molecule has 0 aliphatic heterocycles. The Hall–Kier alpha value is 0.0400. The molecule has 15 heavy (non-hydrogen) atoms. The lowest BCUT2D eigenvalue weighted by Gasteiger charge is -2.09. The van der Waals surface area contributed by atoms with Gasteiger partial charge in [0.15, 0.2) is 0 Å². The number of hydrogen-bond acceptors (Lipinski definition) is 0. The third-order valence-electron chi connectivity index (χ3n) is 2.29. The molecule has 1 unspecified atom stereocenters. The molecule has 1 rings (SSSR count). The maximum atomic E-state index is 13.5. The first-order chi connectivity index (χ1) is 7.06. The second kappa shape index (κ2) is 5.94. The lowest BCUT2D eigenvalue weighted by atomic mass is 10.0. The van der Waals surface area contributed by atoms with Gasteiger partial charge in [-0.1, -0.05) is 22.9 Å². The molecule has 0 nitrogen and oxygen atoms in total. The molecule has 1 atom stereocenters. The van der Waals surface area contributed by atoms with E-state index in [-0.39, 0.29) is 5.56 Å². The monoisotopic (exact) mass is 340 g/mol. The molecule has 0 radical (unpaired) electrons. The van der Waals surface area contributed by atoms with Gasteiger partial charge in [0.25, 0.3) is 0 Å². The summed E-state index contributed by atoms with van der Waals surface area (Å²) < 4.78 is 27.2. The van der Waals surface area contributed by atoms with Crippen molar-refractivity contribution in [2.45, 2.75) is 19.8 Å². The van der Waals surface area contributed by atoms with Crippen LogP contribution in [0.25, 0.3) is 0 Å². The van der Waals surface area contributed by atoms with Crippen molar-refractivity contribution in [3.8, 4) is 0 Å². The largest absolute Gasteiger partial charge is 0.207 e. The number of hydrogen-bond donors (Lipinski definition) is 0. The molecule has 0 N–H and O–H groups in total. The summed E-state index contributed by atoms with van der Waals surface area (Å²) in [4.78, 5) is 0. The Balaban J connectivity index is 2.80. The summed E-state index contributed by atoms with van der Waals surface area (Å²) in [5, 5.41) is 0.851. The van der Waals surface area contributed by atoms with Gasteiger partial charge in [-0.25, -0.2) is 8.78 Å². The highest BCUT2D eigenvalue weighted by atomic mass is 79.9. The van der Waals surface area contributed by atoms with Crippen molar-refractivity contribution in [2.75, 3.05) is 5.33 Å². The Bertz CT molecular complexity index is 340. The van der Waals surface area contributed by atoms with Crippen molar-refractivity contribution < 1.29 is 8.78 Å². The molecule has 0 heterocycles. The fourth-order valence-electron chi connectivity index (χ4n) is 1.27. The van der Waals surface area contributed by atoms with E-state index in [1.165, 1.54) is 12.1 Å². The number of halogens is 4. The maximum absolute atomic E-state index is 13.5. The molecule has 0 bridgehead atoms. The smallest absolute Gasteiger partial charge is 0.143 e. The first kappa shape index (κ1) is 13.1. The fourth-order valence-corrected chi connectivity index (χ4v) is 1.96. The SMILES string of the molecule is CC(CBr)CCc1c(F)ccc(Br)c1F. The lowest BCUT2D eigenvalue weighted by Crippen LogP contribution is -2.02. The van der Waals surface area contributed by atoms with Crippen molar-refractivity contribution in [1.82, 2.24) is 0 Å². The van der Waals surface area contributed by atoms with Crippen LogP contribution in [-0.4, -0.2) is 5.33 Å². The van der Waals surface area contributed by atoms with E-state index < -0.39 is 11.6 Å². The van der Waals surface area contributed by atoms with E-state index >= 15 is 0 Å². The lowest BCUT2D eigenvalue weighted by molar-refractivity contribution is 0.523. The van der Waals surface area contributed by atoms with Crippen LogP contribution in [0.2, 0.25) is 0 Å². The van der Waals surface area contributed by atoms with Crippen LogP contribution in [-0.2, 0) is 6.42 Å². The number of rotatable bonds is 4. The van der Waals surface area contributed by atoms with Gasteiger partial charge in [0.1, 0.15) is 11.6 Å². The zero-order valence-corrected chi connectivity index (χ0v) is 11.5. The summed E-state index contributed by atoms with van der Waals surface area (Å²) in [5.41, 5.74) is 0.178. The quantitative estimate of drug-likeness (QED) is 0.550. The van der Waals surface area contributed by atoms with Crippen LogP contribution in [0.15, 0.2) is 16.6 Å². The zero-order chi connectivity index (χ0) is 11.4. The third kappa shape index (κ3) is 3.52. The molecule has 0 saturated carbocycles. The predicted octanol–water partition coefficient (Wildman–Crippen LogP) is 4.69. The third-order valence-corrected chi connectivity index (χ3v) is 4.01. The average Bonchev–Trinajstić information content (AvgIpc) is 2.23. The van der Waals surface area contributed by atoms with E-state index in [1.54, 1.807) is 0 Å². The maximum Gasteiger partial charge on any atom is 0.143 e. The highest BCUT2D eigenvalue weighted by molar-refractivity contribution is 9.10. The first-order valence-corrected chi connectivity index (χ1v) is 6.66. The van der Waals surface area contributed by atoms with Gasteiger partial charge in [0.05, 0.1) is 4.47 Å². The summed E-state index contributed by atoms with van der Waals surface area (Å²) in [6.45, 7) is 2.04. The van der Waals surface area contributed by atoms with E-state index in [4.69, 9.17) is 0 Å². The normalized spacial score (nSPS) is 12.9. The molecule has 0 fully saturated rings. The van der Waals surface area contributed by atoms with Crippen molar-refractivity contribution >= 4 is 31.9 Å². The standard InChI is InChI=1S/C11H12Br2F2/c1-7(6-12)2-3-8-10(14)5-4-9(13)11(8)15/h4-5,7H,2-3,6H2,1H3. The molecule has 0 aliphatic rings. The van der Waals surface area contributed by atoms with Crippen LogP contribution in [0.1, 0.15) is 18.9 Å². The van der Waals surface area contributed by atoms with E-state index in [1.807, 2.05) is 6.92 Å². The Kier molecular flexibility index (Phi) is 5.19. The molecule has 0 spiro atoms. The topological polar surface area (TPSA) is 0 Å². The summed E-state index contributed by atoms with van der Waals surface area (Å²) >= 11 is 6.40. The summed E-state index contributed by atoms with van der Waals surface area (Å²) in [7, 11) is 0. The van der Waals surface area contributed by atoms with Gasteiger partial charge in [0.2, 0.25) is 0 Å².